The number of carboxylic acid groups (broad SMARTS) is 2. The third-order valence-corrected chi connectivity index (χ3v) is 9.50. The van der Waals surface area contributed by atoms with Gasteiger partial charge < -0.3 is 29.8 Å². The molecule has 0 spiro atoms. The van der Waals surface area contributed by atoms with Gasteiger partial charge in [0.2, 0.25) is 11.8 Å². The molecule has 1 unspecified atom stereocenters. The van der Waals surface area contributed by atoms with Crippen LogP contribution in [0.3, 0.4) is 0 Å². The van der Waals surface area contributed by atoms with Gasteiger partial charge in [-0.25, -0.2) is 9.59 Å². The van der Waals surface area contributed by atoms with Crippen LogP contribution < -0.4 is 10.6 Å². The molecule has 1 atom stereocenters. The average molecular weight is 681 g/mol. The summed E-state index contributed by atoms with van der Waals surface area (Å²) in [6.07, 6.45) is 12.5. The number of carbonyl (C=O) groups excluding carboxylic acids is 2. The molecule has 46 heavy (non-hydrogen) atoms. The van der Waals surface area contributed by atoms with Crippen molar-refractivity contribution in [3.8, 4) is 0 Å². The fraction of sp³-hybridized carbons (Fsp3) is 0.875. The zero-order valence-corrected chi connectivity index (χ0v) is 29.8. The number of hydrogen-bond donors (Lipinski definition) is 5. The van der Waals surface area contributed by atoms with Crippen molar-refractivity contribution in [1.29, 1.82) is 0 Å². The Morgan fingerprint density at radius 3 is 1.22 bits per heavy atom. The molecule has 0 aromatic rings. The summed E-state index contributed by atoms with van der Waals surface area (Å²) in [5.41, 5.74) is 0. The Kier molecular flexibility index (Phi) is 22.7. The van der Waals surface area contributed by atoms with Crippen LogP contribution in [0.4, 0.5) is 0 Å². The molecule has 0 radical (unpaired) electrons. The van der Waals surface area contributed by atoms with Gasteiger partial charge in [-0.15, -0.1) is 0 Å². The van der Waals surface area contributed by atoms with Crippen molar-refractivity contribution in [2.75, 3.05) is 67.5 Å². The lowest BCUT2D eigenvalue weighted by molar-refractivity contribution is -0.883. The highest BCUT2D eigenvalue weighted by Gasteiger charge is 2.22. The summed E-state index contributed by atoms with van der Waals surface area (Å²) in [7, 11) is 3.33. The van der Waals surface area contributed by atoms with Gasteiger partial charge in [-0.2, -0.15) is 8.42 Å². The van der Waals surface area contributed by atoms with Crippen molar-refractivity contribution < 1.29 is 51.3 Å². The van der Waals surface area contributed by atoms with Crippen molar-refractivity contribution in [3.63, 3.8) is 0 Å². The third kappa shape index (κ3) is 26.9. The summed E-state index contributed by atoms with van der Waals surface area (Å²) in [6, 6.07) is 0. The Hall–Kier alpha value is -2.29. The minimum Gasteiger partial charge on any atom is -0.477 e. The van der Waals surface area contributed by atoms with E-state index < -0.39 is 27.3 Å². The monoisotopic (exact) mass is 680 g/mol. The Morgan fingerprint density at radius 1 is 0.565 bits per heavy atom. The predicted molar refractivity (Wildman–Crippen MR) is 179 cm³/mol. The lowest BCUT2D eigenvalue weighted by atomic mass is 10.0. The molecule has 0 aliphatic carbocycles. The molecule has 2 amide bonds. The first-order chi connectivity index (χ1) is 21.4. The summed E-state index contributed by atoms with van der Waals surface area (Å²) < 4.78 is 34.1. The Bertz CT molecular complexity index is 1000. The van der Waals surface area contributed by atoms with Gasteiger partial charge in [-0.1, -0.05) is 57.8 Å². The van der Waals surface area contributed by atoms with Gasteiger partial charge in [-0.3, -0.25) is 14.1 Å². The highest BCUT2D eigenvalue weighted by Crippen LogP contribution is 2.19. The van der Waals surface area contributed by atoms with Gasteiger partial charge in [0.1, 0.15) is 0 Å². The number of quaternary nitrogens is 2. The molecule has 0 aromatic heterocycles. The minimum atomic E-state index is -4.09. The zero-order chi connectivity index (χ0) is 35.1. The van der Waals surface area contributed by atoms with Gasteiger partial charge in [0.25, 0.3) is 10.1 Å². The smallest absolute Gasteiger partial charge is 0.359 e. The van der Waals surface area contributed by atoms with Crippen LogP contribution in [0.25, 0.3) is 0 Å². The Labute approximate surface area is 277 Å². The lowest BCUT2D eigenvalue weighted by Gasteiger charge is -2.27. The van der Waals surface area contributed by atoms with Crippen LogP contribution in [-0.4, -0.2) is 129 Å². The van der Waals surface area contributed by atoms with Gasteiger partial charge in [-0.05, 0) is 25.7 Å². The molecule has 13 nitrogen and oxygen atoms in total. The van der Waals surface area contributed by atoms with E-state index in [1.165, 1.54) is 0 Å². The maximum Gasteiger partial charge on any atom is 0.359 e. The van der Waals surface area contributed by atoms with Crippen molar-refractivity contribution in [2.45, 2.75) is 114 Å². The van der Waals surface area contributed by atoms with E-state index in [0.29, 0.717) is 73.7 Å². The van der Waals surface area contributed by atoms with E-state index in [0.717, 1.165) is 70.6 Å². The molecular weight excluding hydrogens is 616 g/mol. The van der Waals surface area contributed by atoms with E-state index in [9.17, 15) is 32.1 Å². The molecule has 5 N–H and O–H groups in total. The standard InChI is InChI=1S/C32H62N4O9S/c1-35(2,26-31(39)40)24-16-22-33-29(37)20-14-10-6-5-8-12-18-28(46(43,44)45)19-13-9-7-11-15-21-30(38)34-23-17-25-36(3,4)27-32(41)42/h28H,5-27H2,1-4H3,(H3-2,33,34,37,38,39,40,41,42,43,44,45)/p+2. The number of nitrogens with one attached hydrogen (secondary N) is 2. The first-order valence-corrected chi connectivity index (χ1v) is 18.5. The summed E-state index contributed by atoms with van der Waals surface area (Å²) in [5, 5.41) is 22.9. The number of nitrogens with zero attached hydrogens (tertiary/aromatic N) is 2. The minimum absolute atomic E-state index is 0.00656. The first-order valence-electron chi connectivity index (χ1n) is 17.0. The van der Waals surface area contributed by atoms with Crippen LogP contribution >= 0.6 is 0 Å². The summed E-state index contributed by atoms with van der Waals surface area (Å²) in [4.78, 5) is 45.8. The van der Waals surface area contributed by atoms with Crippen LogP contribution in [0.2, 0.25) is 0 Å². The molecule has 0 heterocycles. The number of hydrogen-bond acceptors (Lipinski definition) is 6. The predicted octanol–water partition coefficient (Wildman–Crippen LogP) is 3.43. The van der Waals surface area contributed by atoms with E-state index in [-0.39, 0.29) is 24.9 Å². The zero-order valence-electron chi connectivity index (χ0n) is 28.9. The van der Waals surface area contributed by atoms with Crippen molar-refractivity contribution in [2.24, 2.45) is 0 Å². The molecule has 14 heteroatoms. The summed E-state index contributed by atoms with van der Waals surface area (Å²) >= 11 is 0. The van der Waals surface area contributed by atoms with Crippen LogP contribution in [-0.2, 0) is 29.3 Å². The molecule has 0 saturated carbocycles. The first kappa shape index (κ1) is 43.7. The van der Waals surface area contributed by atoms with Gasteiger partial charge in [0.15, 0.2) is 13.1 Å². The number of aliphatic carboxylic acids is 2. The normalized spacial score (nSPS) is 12.9. The molecule has 0 bridgehead atoms. The van der Waals surface area contributed by atoms with Crippen LogP contribution in [0.5, 0.6) is 0 Å². The second-order valence-corrected chi connectivity index (χ2v) is 15.6. The van der Waals surface area contributed by atoms with Crippen LogP contribution in [0, 0.1) is 0 Å². The molecule has 0 fully saturated rings. The molecule has 270 valence electrons. The summed E-state index contributed by atoms with van der Waals surface area (Å²) in [5.74, 6) is -1.68. The molecule has 0 aliphatic rings. The number of likely N-dealkylation sites (N-methyl/N-ethyl adjacent to an activating group) is 2. The van der Waals surface area contributed by atoms with Crippen molar-refractivity contribution >= 4 is 33.9 Å². The number of amides is 2. The van der Waals surface area contributed by atoms with E-state index >= 15 is 0 Å². The van der Waals surface area contributed by atoms with E-state index in [1.54, 1.807) is 0 Å². The van der Waals surface area contributed by atoms with Gasteiger partial charge in [0, 0.05) is 38.8 Å². The highest BCUT2D eigenvalue weighted by molar-refractivity contribution is 7.86. The summed E-state index contributed by atoms with van der Waals surface area (Å²) in [6.45, 7) is 2.50. The number of carbonyl (C=O) groups is 4. The SMILES string of the molecule is C[N+](C)(CCCNC(=O)CCCCCCCCC(CCCCCCCC(=O)NCCC[N+](C)(C)CC(=O)O)S(=O)(=O)O)CC(=O)O. The molecule has 0 aromatic carbocycles. The Balaban J connectivity index is 3.87. The van der Waals surface area contributed by atoms with Crippen molar-refractivity contribution in [3.05, 3.63) is 0 Å². The highest BCUT2D eigenvalue weighted by atomic mass is 32.2. The van der Waals surface area contributed by atoms with Gasteiger partial charge >= 0.3 is 11.9 Å². The second-order valence-electron chi connectivity index (χ2n) is 13.9. The van der Waals surface area contributed by atoms with Crippen molar-refractivity contribution in [1.82, 2.24) is 10.6 Å². The largest absolute Gasteiger partial charge is 0.477 e. The maximum absolute atomic E-state index is 12.0. The third-order valence-electron chi connectivity index (χ3n) is 8.18. The van der Waals surface area contributed by atoms with Gasteiger partial charge in [0.05, 0.1) is 46.5 Å². The topological polar surface area (TPSA) is 187 Å². The molecule has 0 saturated heterocycles. The van der Waals surface area contributed by atoms with E-state index in [4.69, 9.17) is 10.2 Å². The molecular formula is C32H64N4O9S+2. The molecule has 0 rings (SSSR count). The second kappa shape index (κ2) is 23.9. The average Bonchev–Trinajstić information content (AvgIpc) is 2.91. The Morgan fingerprint density at radius 2 is 0.891 bits per heavy atom. The number of rotatable bonds is 30. The van der Waals surface area contributed by atoms with Crippen LogP contribution in [0.1, 0.15) is 109 Å². The van der Waals surface area contributed by atoms with E-state index in [2.05, 4.69) is 10.6 Å². The quantitative estimate of drug-likeness (QED) is 0.0430. The number of carboxylic acids is 2. The fourth-order valence-corrected chi connectivity index (χ4v) is 6.46. The fourth-order valence-electron chi connectivity index (χ4n) is 5.53. The number of unbranched alkanes of at least 4 members (excludes halogenated alkanes) is 9. The van der Waals surface area contributed by atoms with E-state index in [1.807, 2.05) is 28.2 Å². The molecule has 0 aliphatic heterocycles. The van der Waals surface area contributed by atoms with Crippen LogP contribution in [0.15, 0.2) is 0 Å². The maximum atomic E-state index is 12.0. The lowest BCUT2D eigenvalue weighted by Crippen LogP contribution is -2.45.